The molecule has 8 nitrogen and oxygen atoms in total. The molecule has 0 atom stereocenters. The number of methoxy groups -OCH3 is 2. The second kappa shape index (κ2) is 7.43. The van der Waals surface area contributed by atoms with Crippen LogP contribution in [0.4, 0.5) is 11.4 Å². The number of para-hydroxylation sites is 1. The summed E-state index contributed by atoms with van der Waals surface area (Å²) in [7, 11) is 2.34. The van der Waals surface area contributed by atoms with Crippen LogP contribution in [0.25, 0.3) is 0 Å². The van der Waals surface area contributed by atoms with E-state index in [0.717, 1.165) is 7.11 Å². The van der Waals surface area contributed by atoms with Crippen molar-refractivity contribution in [3.8, 4) is 0 Å². The third-order valence-corrected chi connectivity index (χ3v) is 3.54. The van der Waals surface area contributed by atoms with Gasteiger partial charge < -0.3 is 14.4 Å². The first kappa shape index (κ1) is 17.9. The van der Waals surface area contributed by atoms with Gasteiger partial charge in [-0.05, 0) is 24.6 Å². The predicted octanol–water partition coefficient (Wildman–Crippen LogP) is 2.39. The fourth-order valence-corrected chi connectivity index (χ4v) is 2.44. The molecule has 8 heteroatoms. The maximum Gasteiger partial charge on any atom is 0.355 e. The number of anilines is 1. The van der Waals surface area contributed by atoms with Crippen molar-refractivity contribution in [3.05, 3.63) is 69.6 Å². The molecule has 1 aliphatic heterocycles. The van der Waals surface area contributed by atoms with Crippen LogP contribution in [0.5, 0.6) is 0 Å². The normalized spacial score (nSPS) is 13.5. The van der Waals surface area contributed by atoms with Crippen LogP contribution in [-0.2, 0) is 19.1 Å². The standard InChI is InChI=1S/C17H16N2O6/c1-11-7-6-9-13(19(22)23)14(11)18-10-5-4-8-12(16(20)24-2)15(18)17(21)25-3/h4-10H,1-3H3. The molecular formula is C17H16N2O6. The highest BCUT2D eigenvalue weighted by Gasteiger charge is 2.31. The number of carbonyl (C=O) groups excluding carboxylic acids is 2. The minimum Gasteiger partial charge on any atom is -0.465 e. The van der Waals surface area contributed by atoms with Crippen LogP contribution in [0, 0.1) is 17.0 Å². The van der Waals surface area contributed by atoms with Crippen molar-refractivity contribution in [2.75, 3.05) is 19.1 Å². The fraction of sp³-hybridized carbons (Fsp3) is 0.176. The summed E-state index contributed by atoms with van der Waals surface area (Å²) in [5.41, 5.74) is 0.256. The zero-order valence-electron chi connectivity index (χ0n) is 13.9. The molecule has 1 aromatic rings. The second-order valence-electron chi connectivity index (χ2n) is 5.02. The van der Waals surface area contributed by atoms with Gasteiger partial charge >= 0.3 is 11.9 Å². The quantitative estimate of drug-likeness (QED) is 0.470. The van der Waals surface area contributed by atoms with Gasteiger partial charge in [0.25, 0.3) is 5.69 Å². The topological polar surface area (TPSA) is 99.0 Å². The van der Waals surface area contributed by atoms with Crippen molar-refractivity contribution >= 4 is 23.3 Å². The van der Waals surface area contributed by atoms with E-state index >= 15 is 0 Å². The van der Waals surface area contributed by atoms with Crippen LogP contribution in [0.15, 0.2) is 53.9 Å². The Bertz CT molecular complexity index is 822. The zero-order chi connectivity index (χ0) is 18.6. The van der Waals surface area contributed by atoms with Crippen molar-refractivity contribution in [1.29, 1.82) is 0 Å². The summed E-state index contributed by atoms with van der Waals surface area (Å²) >= 11 is 0. The molecule has 25 heavy (non-hydrogen) atoms. The largest absolute Gasteiger partial charge is 0.465 e. The Morgan fingerprint density at radius 1 is 1.12 bits per heavy atom. The molecule has 0 aliphatic carbocycles. The number of nitro groups is 1. The average Bonchev–Trinajstić information content (AvgIpc) is 2.82. The molecule has 1 heterocycles. The van der Waals surface area contributed by atoms with Crippen LogP contribution in [0.3, 0.4) is 0 Å². The first-order chi connectivity index (χ1) is 11.9. The molecule has 0 unspecified atom stereocenters. The Kier molecular flexibility index (Phi) is 5.33. The van der Waals surface area contributed by atoms with Crippen LogP contribution < -0.4 is 4.90 Å². The van der Waals surface area contributed by atoms with E-state index in [2.05, 4.69) is 0 Å². The van der Waals surface area contributed by atoms with E-state index in [9.17, 15) is 19.7 Å². The molecule has 1 aromatic carbocycles. The second-order valence-corrected chi connectivity index (χ2v) is 5.02. The third kappa shape index (κ3) is 3.42. The lowest BCUT2D eigenvalue weighted by Crippen LogP contribution is -2.28. The van der Waals surface area contributed by atoms with Crippen molar-refractivity contribution in [1.82, 2.24) is 0 Å². The minimum absolute atomic E-state index is 0.0723. The van der Waals surface area contributed by atoms with E-state index in [1.165, 1.54) is 36.4 Å². The number of allylic oxidation sites excluding steroid dienone is 2. The van der Waals surface area contributed by atoms with Gasteiger partial charge in [0.2, 0.25) is 0 Å². The number of hydrogen-bond acceptors (Lipinski definition) is 7. The highest BCUT2D eigenvalue weighted by molar-refractivity contribution is 6.06. The maximum atomic E-state index is 12.4. The summed E-state index contributed by atoms with van der Waals surface area (Å²) in [6.07, 6.45) is 5.92. The van der Waals surface area contributed by atoms with Crippen molar-refractivity contribution in [2.24, 2.45) is 0 Å². The van der Waals surface area contributed by atoms with Gasteiger partial charge in [0, 0.05) is 12.3 Å². The number of ether oxygens (including phenoxy) is 2. The third-order valence-electron chi connectivity index (χ3n) is 3.54. The first-order valence-corrected chi connectivity index (χ1v) is 7.21. The van der Waals surface area contributed by atoms with E-state index < -0.39 is 16.9 Å². The van der Waals surface area contributed by atoms with Gasteiger partial charge in [0.05, 0.1) is 24.7 Å². The minimum atomic E-state index is -0.825. The number of aryl methyl sites for hydroxylation is 1. The molecule has 0 spiro atoms. The molecule has 2 rings (SSSR count). The average molecular weight is 344 g/mol. The van der Waals surface area contributed by atoms with Crippen LogP contribution in [0.2, 0.25) is 0 Å². The number of nitrogens with zero attached hydrogens (tertiary/aromatic N) is 2. The molecule has 0 radical (unpaired) electrons. The van der Waals surface area contributed by atoms with Gasteiger partial charge in [-0.2, -0.15) is 0 Å². The Hall–Kier alpha value is -3.42. The Morgan fingerprint density at radius 2 is 1.80 bits per heavy atom. The molecular weight excluding hydrogens is 328 g/mol. The summed E-state index contributed by atoms with van der Waals surface area (Å²) < 4.78 is 9.50. The van der Waals surface area contributed by atoms with E-state index in [1.807, 2.05) is 0 Å². The van der Waals surface area contributed by atoms with Crippen molar-refractivity contribution in [3.63, 3.8) is 0 Å². The number of carbonyl (C=O) groups is 2. The van der Waals surface area contributed by atoms with E-state index in [0.29, 0.717) is 5.56 Å². The fourth-order valence-electron chi connectivity index (χ4n) is 2.44. The summed E-state index contributed by atoms with van der Waals surface area (Å²) in [4.78, 5) is 36.6. The van der Waals surface area contributed by atoms with Crippen molar-refractivity contribution in [2.45, 2.75) is 6.92 Å². The number of hydrogen-bond donors (Lipinski definition) is 0. The molecule has 0 fully saturated rings. The number of nitro benzene ring substituents is 1. The number of benzene rings is 1. The van der Waals surface area contributed by atoms with Gasteiger partial charge in [-0.25, -0.2) is 9.59 Å². The highest BCUT2D eigenvalue weighted by Crippen LogP contribution is 2.36. The monoisotopic (exact) mass is 344 g/mol. The number of rotatable bonds is 4. The van der Waals surface area contributed by atoms with Gasteiger partial charge in [-0.1, -0.05) is 18.2 Å². The van der Waals surface area contributed by atoms with Crippen LogP contribution in [0.1, 0.15) is 5.56 Å². The Morgan fingerprint density at radius 3 is 2.40 bits per heavy atom. The molecule has 130 valence electrons. The zero-order valence-corrected chi connectivity index (χ0v) is 13.9. The lowest BCUT2D eigenvalue weighted by atomic mass is 10.1. The van der Waals surface area contributed by atoms with Gasteiger partial charge in [0.15, 0.2) is 0 Å². The van der Waals surface area contributed by atoms with Crippen molar-refractivity contribution < 1.29 is 24.0 Å². The molecule has 1 aliphatic rings. The summed E-state index contributed by atoms with van der Waals surface area (Å²) in [5, 5.41) is 11.4. The lowest BCUT2D eigenvalue weighted by molar-refractivity contribution is -0.384. The molecule has 0 N–H and O–H groups in total. The van der Waals surface area contributed by atoms with Crippen LogP contribution >= 0.6 is 0 Å². The molecule has 0 aromatic heterocycles. The molecule has 0 saturated heterocycles. The van der Waals surface area contributed by atoms with Gasteiger partial charge in [0.1, 0.15) is 11.4 Å². The number of esters is 2. The predicted molar refractivity (Wildman–Crippen MR) is 89.7 cm³/mol. The Balaban J connectivity index is 2.81. The summed E-state index contributed by atoms with van der Waals surface area (Å²) in [6, 6.07) is 4.53. The van der Waals surface area contributed by atoms with Gasteiger partial charge in [-0.15, -0.1) is 0 Å². The van der Waals surface area contributed by atoms with E-state index in [4.69, 9.17) is 9.47 Å². The first-order valence-electron chi connectivity index (χ1n) is 7.21. The van der Waals surface area contributed by atoms with Crippen LogP contribution in [-0.4, -0.2) is 31.1 Å². The Labute approximate surface area is 143 Å². The summed E-state index contributed by atoms with van der Waals surface area (Å²) in [5.74, 6) is -1.59. The van der Waals surface area contributed by atoms with E-state index in [-0.39, 0.29) is 22.6 Å². The SMILES string of the molecule is COC(=O)C1=C(C(=O)OC)N(c2c(C)cccc2[N+](=O)[O-])C=CC=C1. The molecule has 0 bridgehead atoms. The molecule has 0 saturated carbocycles. The highest BCUT2D eigenvalue weighted by atomic mass is 16.6. The summed E-state index contributed by atoms with van der Waals surface area (Å²) in [6.45, 7) is 1.67. The van der Waals surface area contributed by atoms with E-state index in [1.54, 1.807) is 25.1 Å². The maximum absolute atomic E-state index is 12.4. The smallest absolute Gasteiger partial charge is 0.355 e. The lowest BCUT2D eigenvalue weighted by Gasteiger charge is -2.24. The van der Waals surface area contributed by atoms with Gasteiger partial charge in [-0.3, -0.25) is 10.1 Å². The molecule has 0 amide bonds.